The molecule has 0 fully saturated rings. The van der Waals surface area contributed by atoms with Gasteiger partial charge in [-0.15, -0.1) is 0 Å². The highest BCUT2D eigenvalue weighted by molar-refractivity contribution is 6.11. The van der Waals surface area contributed by atoms with Crippen molar-refractivity contribution in [2.75, 3.05) is 28.4 Å². The van der Waals surface area contributed by atoms with Crippen LogP contribution in [0.2, 0.25) is 0 Å². The minimum atomic E-state index is -0.317. The Kier molecular flexibility index (Phi) is 8.03. The minimum Gasteiger partial charge on any atom is -0.497 e. The molecule has 2 aromatic carbocycles. The lowest BCUT2D eigenvalue weighted by Crippen LogP contribution is -2.02. The Hall–Kier alpha value is -3.54. The third-order valence-electron chi connectivity index (χ3n) is 4.12. The van der Waals surface area contributed by atoms with Crippen LogP contribution in [0.3, 0.4) is 0 Å². The SMILES string of the molecule is COc1ccc(OC)c(/C=C/C(=O)CC(=O)/C=C/c2cc(OC)ccc2OC)c1. The maximum atomic E-state index is 12.2. The van der Waals surface area contributed by atoms with Crippen molar-refractivity contribution in [1.82, 2.24) is 0 Å². The number of rotatable bonds is 10. The molecule has 0 amide bonds. The van der Waals surface area contributed by atoms with Crippen LogP contribution >= 0.6 is 0 Å². The van der Waals surface area contributed by atoms with Crippen molar-refractivity contribution in [3.63, 3.8) is 0 Å². The second kappa shape index (κ2) is 10.7. The molecule has 0 unspecified atom stereocenters. The predicted octanol–water partition coefficient (Wildman–Crippen LogP) is 3.98. The number of carbonyl (C=O) groups is 2. The molecule has 0 saturated heterocycles. The number of benzene rings is 2. The average Bonchev–Trinajstić information content (AvgIpc) is 2.75. The van der Waals surface area contributed by atoms with Gasteiger partial charge in [-0.25, -0.2) is 0 Å². The highest BCUT2D eigenvalue weighted by Gasteiger charge is 2.07. The van der Waals surface area contributed by atoms with Gasteiger partial charge in [0, 0.05) is 11.1 Å². The molecule has 0 aliphatic rings. The first-order valence-electron chi connectivity index (χ1n) is 8.86. The third-order valence-corrected chi connectivity index (χ3v) is 4.12. The molecule has 29 heavy (non-hydrogen) atoms. The van der Waals surface area contributed by atoms with Gasteiger partial charge in [0.2, 0.25) is 0 Å². The summed E-state index contributed by atoms with van der Waals surface area (Å²) in [5, 5.41) is 0. The summed E-state index contributed by atoms with van der Waals surface area (Å²) in [5.41, 5.74) is 1.37. The maximum absolute atomic E-state index is 12.2. The van der Waals surface area contributed by atoms with Crippen molar-refractivity contribution >= 4 is 23.7 Å². The van der Waals surface area contributed by atoms with Gasteiger partial charge in [0.25, 0.3) is 0 Å². The molecule has 0 bridgehead atoms. The topological polar surface area (TPSA) is 71.1 Å². The zero-order valence-electron chi connectivity index (χ0n) is 16.9. The minimum absolute atomic E-state index is 0.244. The van der Waals surface area contributed by atoms with Crippen LogP contribution in [0.25, 0.3) is 12.2 Å². The van der Waals surface area contributed by atoms with Crippen LogP contribution in [-0.4, -0.2) is 40.0 Å². The monoisotopic (exact) mass is 396 g/mol. The number of methoxy groups -OCH3 is 4. The van der Waals surface area contributed by atoms with Crippen molar-refractivity contribution in [2.45, 2.75) is 6.42 Å². The van der Waals surface area contributed by atoms with E-state index < -0.39 is 0 Å². The van der Waals surface area contributed by atoms with Crippen LogP contribution in [-0.2, 0) is 9.59 Å². The first kappa shape index (κ1) is 21.8. The maximum Gasteiger partial charge on any atom is 0.163 e. The number of ether oxygens (including phenoxy) is 4. The summed E-state index contributed by atoms with van der Waals surface area (Å²) in [6.07, 6.45) is 5.67. The summed E-state index contributed by atoms with van der Waals surface area (Å²) in [4.78, 5) is 24.3. The van der Waals surface area contributed by atoms with Gasteiger partial charge < -0.3 is 18.9 Å². The van der Waals surface area contributed by atoms with Gasteiger partial charge in [-0.1, -0.05) is 0 Å². The van der Waals surface area contributed by atoms with Gasteiger partial charge in [0.1, 0.15) is 23.0 Å². The van der Waals surface area contributed by atoms with Crippen molar-refractivity contribution in [3.05, 3.63) is 59.7 Å². The molecular weight excluding hydrogens is 372 g/mol. The second-order valence-electron chi connectivity index (χ2n) is 5.99. The number of allylic oxidation sites excluding steroid dienone is 2. The number of hydrogen-bond acceptors (Lipinski definition) is 6. The fourth-order valence-electron chi connectivity index (χ4n) is 2.59. The summed E-state index contributed by atoms with van der Waals surface area (Å²) in [6, 6.07) is 10.5. The standard InChI is InChI=1S/C23H24O6/c1-26-20-9-11-22(28-3)16(13-20)5-7-18(24)15-19(25)8-6-17-14-21(27-2)10-12-23(17)29-4/h5-14H,15H2,1-4H3/b7-5+,8-6+. The quantitative estimate of drug-likeness (QED) is 0.447. The molecule has 2 rings (SSSR count). The van der Waals surface area contributed by atoms with Crippen LogP contribution in [0.4, 0.5) is 0 Å². The molecule has 2 aromatic rings. The third kappa shape index (κ3) is 6.24. The molecule has 0 aliphatic heterocycles. The Morgan fingerprint density at radius 2 is 1.10 bits per heavy atom. The molecule has 6 nitrogen and oxygen atoms in total. The smallest absolute Gasteiger partial charge is 0.163 e. The summed E-state index contributed by atoms with van der Waals surface area (Å²) < 4.78 is 20.9. The van der Waals surface area contributed by atoms with Crippen LogP contribution < -0.4 is 18.9 Å². The van der Waals surface area contributed by atoms with Crippen LogP contribution in [0.1, 0.15) is 17.5 Å². The fourth-order valence-corrected chi connectivity index (χ4v) is 2.59. The Morgan fingerprint density at radius 1 is 0.690 bits per heavy atom. The summed E-state index contributed by atoms with van der Waals surface area (Å²) >= 11 is 0. The van der Waals surface area contributed by atoms with Crippen LogP contribution in [0.15, 0.2) is 48.6 Å². The van der Waals surface area contributed by atoms with Crippen molar-refractivity contribution in [3.8, 4) is 23.0 Å². The van der Waals surface area contributed by atoms with Crippen molar-refractivity contribution in [1.29, 1.82) is 0 Å². The normalized spacial score (nSPS) is 10.9. The number of ketones is 2. The van der Waals surface area contributed by atoms with Gasteiger partial charge in [0.15, 0.2) is 11.6 Å². The molecule has 6 heteroatoms. The number of hydrogen-bond donors (Lipinski definition) is 0. The van der Waals surface area contributed by atoms with E-state index in [-0.39, 0.29) is 18.0 Å². The van der Waals surface area contributed by atoms with Gasteiger partial charge in [0.05, 0.1) is 34.9 Å². The van der Waals surface area contributed by atoms with Crippen LogP contribution in [0, 0.1) is 0 Å². The lowest BCUT2D eigenvalue weighted by Gasteiger charge is -2.07. The lowest BCUT2D eigenvalue weighted by molar-refractivity contribution is -0.121. The van der Waals surface area contributed by atoms with Gasteiger partial charge in [-0.05, 0) is 60.7 Å². The van der Waals surface area contributed by atoms with Gasteiger partial charge in [-0.2, -0.15) is 0 Å². The second-order valence-corrected chi connectivity index (χ2v) is 5.99. The highest BCUT2D eigenvalue weighted by Crippen LogP contribution is 2.26. The van der Waals surface area contributed by atoms with E-state index in [0.717, 1.165) is 0 Å². The Balaban J connectivity index is 2.05. The largest absolute Gasteiger partial charge is 0.497 e. The fraction of sp³-hybridized carbons (Fsp3) is 0.217. The molecule has 0 aromatic heterocycles. The Morgan fingerprint density at radius 3 is 1.45 bits per heavy atom. The zero-order chi connectivity index (χ0) is 21.2. The summed E-state index contributed by atoms with van der Waals surface area (Å²) in [5.74, 6) is 1.86. The predicted molar refractivity (Wildman–Crippen MR) is 112 cm³/mol. The van der Waals surface area contributed by atoms with Gasteiger partial charge >= 0.3 is 0 Å². The molecule has 0 heterocycles. The van der Waals surface area contributed by atoms with Crippen LogP contribution in [0.5, 0.6) is 23.0 Å². The van der Waals surface area contributed by atoms with E-state index in [9.17, 15) is 9.59 Å². The zero-order valence-corrected chi connectivity index (χ0v) is 16.9. The molecular formula is C23H24O6. The Bertz CT molecular complexity index is 851. The van der Waals surface area contributed by atoms with E-state index in [1.54, 1.807) is 77.0 Å². The molecule has 0 radical (unpaired) electrons. The van der Waals surface area contributed by atoms with E-state index in [1.807, 2.05) is 0 Å². The van der Waals surface area contributed by atoms with E-state index in [4.69, 9.17) is 18.9 Å². The molecule has 0 N–H and O–H groups in total. The first-order valence-corrected chi connectivity index (χ1v) is 8.86. The number of carbonyl (C=O) groups excluding carboxylic acids is 2. The van der Waals surface area contributed by atoms with Crippen molar-refractivity contribution in [2.24, 2.45) is 0 Å². The average molecular weight is 396 g/mol. The van der Waals surface area contributed by atoms with Gasteiger partial charge in [-0.3, -0.25) is 9.59 Å². The summed E-state index contributed by atoms with van der Waals surface area (Å²) in [7, 11) is 6.20. The summed E-state index contributed by atoms with van der Waals surface area (Å²) in [6.45, 7) is 0. The van der Waals surface area contributed by atoms with E-state index >= 15 is 0 Å². The molecule has 0 spiro atoms. The molecule has 0 aliphatic carbocycles. The van der Waals surface area contributed by atoms with Crippen molar-refractivity contribution < 1.29 is 28.5 Å². The molecule has 152 valence electrons. The lowest BCUT2D eigenvalue weighted by atomic mass is 10.1. The highest BCUT2D eigenvalue weighted by atomic mass is 16.5. The van der Waals surface area contributed by atoms with E-state index in [2.05, 4.69) is 0 Å². The molecule has 0 saturated carbocycles. The first-order chi connectivity index (χ1) is 14.0. The van der Waals surface area contributed by atoms with E-state index in [1.165, 1.54) is 12.2 Å². The molecule has 0 atom stereocenters. The van der Waals surface area contributed by atoms with E-state index in [0.29, 0.717) is 34.1 Å². The Labute approximate surface area is 170 Å².